The van der Waals surface area contributed by atoms with Crippen molar-refractivity contribution >= 4 is 5.78 Å². The van der Waals surface area contributed by atoms with E-state index in [0.29, 0.717) is 5.56 Å². The van der Waals surface area contributed by atoms with E-state index in [1.165, 1.54) is 0 Å². The molecule has 0 aliphatic heterocycles. The third kappa shape index (κ3) is 2.86. The highest BCUT2D eigenvalue weighted by Crippen LogP contribution is 1.94. The molecular weight excluding hydrogens is 267 g/mol. The summed E-state index contributed by atoms with van der Waals surface area (Å²) in [5.41, 5.74) is 5.86. The quantitative estimate of drug-likeness (QED) is 0.349. The van der Waals surface area contributed by atoms with Gasteiger partial charge in [-0.25, -0.2) is 4.57 Å². The Morgan fingerprint density at radius 3 is 2.42 bits per heavy atom. The van der Waals surface area contributed by atoms with Gasteiger partial charge >= 0.3 is 0 Å². The first-order valence-corrected chi connectivity index (χ1v) is 3.42. The molecule has 1 heterocycles. The Balaban J connectivity index is 0.00000121. The Morgan fingerprint density at radius 2 is 2.00 bits per heavy atom. The van der Waals surface area contributed by atoms with E-state index >= 15 is 0 Å². The van der Waals surface area contributed by atoms with Gasteiger partial charge in [-0.1, -0.05) is 0 Å². The molecule has 0 saturated heterocycles. The topological polar surface area (TPSA) is 47.0 Å². The number of nitrogens with two attached hydrogens (primary N) is 1. The highest BCUT2D eigenvalue weighted by molar-refractivity contribution is 5.97. The van der Waals surface area contributed by atoms with E-state index in [1.807, 2.05) is 24.0 Å². The second kappa shape index (κ2) is 5.21. The molecule has 0 radical (unpaired) electrons. The van der Waals surface area contributed by atoms with Crippen molar-refractivity contribution in [2.75, 3.05) is 6.54 Å². The molecule has 0 aliphatic rings. The molecule has 1 aromatic rings. The molecule has 2 N–H and O–H groups in total. The van der Waals surface area contributed by atoms with Gasteiger partial charge in [0.15, 0.2) is 18.2 Å². The number of carbonyl (C=O) groups excluding carboxylic acids is 1. The zero-order valence-electron chi connectivity index (χ0n) is 6.83. The van der Waals surface area contributed by atoms with Gasteiger partial charge in [-0.2, -0.15) is 0 Å². The van der Waals surface area contributed by atoms with Crippen molar-refractivity contribution in [1.29, 1.82) is 0 Å². The van der Waals surface area contributed by atoms with Gasteiger partial charge in [0, 0.05) is 17.7 Å². The first-order chi connectivity index (χ1) is 5.24. The van der Waals surface area contributed by atoms with E-state index in [2.05, 4.69) is 0 Å². The minimum absolute atomic E-state index is 0. The first kappa shape index (κ1) is 11.5. The number of aryl methyl sites for hydroxylation is 1. The monoisotopic (exact) mass is 278 g/mol. The summed E-state index contributed by atoms with van der Waals surface area (Å²) in [6.07, 6.45) is 3.64. The number of halogens is 1. The third-order valence-electron chi connectivity index (χ3n) is 1.49. The van der Waals surface area contributed by atoms with Gasteiger partial charge < -0.3 is 29.7 Å². The van der Waals surface area contributed by atoms with Crippen LogP contribution < -0.4 is 34.3 Å². The molecule has 12 heavy (non-hydrogen) atoms. The Morgan fingerprint density at radius 1 is 1.50 bits per heavy atom. The van der Waals surface area contributed by atoms with Crippen LogP contribution >= 0.6 is 0 Å². The molecule has 3 nitrogen and oxygen atoms in total. The number of aromatic nitrogens is 1. The molecule has 0 aromatic carbocycles. The molecule has 0 spiro atoms. The Labute approximate surface area is 88.6 Å². The van der Waals surface area contributed by atoms with E-state index in [4.69, 9.17) is 5.73 Å². The maximum atomic E-state index is 11.0. The van der Waals surface area contributed by atoms with Crippen molar-refractivity contribution < 1.29 is 33.3 Å². The van der Waals surface area contributed by atoms with Gasteiger partial charge in [-0.05, 0) is 0 Å². The minimum Gasteiger partial charge on any atom is -1.00 e. The second-order valence-electron chi connectivity index (χ2n) is 2.38. The van der Waals surface area contributed by atoms with Crippen LogP contribution in [0.15, 0.2) is 24.5 Å². The molecule has 0 atom stereocenters. The number of hydrogen-bond donors (Lipinski definition) is 1. The third-order valence-corrected chi connectivity index (χ3v) is 1.49. The van der Waals surface area contributed by atoms with Crippen molar-refractivity contribution in [1.82, 2.24) is 0 Å². The summed E-state index contributed by atoms with van der Waals surface area (Å²) >= 11 is 0. The fourth-order valence-corrected chi connectivity index (χ4v) is 0.805. The van der Waals surface area contributed by atoms with Gasteiger partial charge in [-0.15, -0.1) is 0 Å². The van der Waals surface area contributed by atoms with Gasteiger partial charge in [-0.3, -0.25) is 4.79 Å². The molecule has 0 fully saturated rings. The minimum atomic E-state index is -0.0226. The summed E-state index contributed by atoms with van der Waals surface area (Å²) in [6.45, 7) is 0.0771. The van der Waals surface area contributed by atoms with Gasteiger partial charge in [0.2, 0.25) is 0 Å². The Hall–Kier alpha value is -0.490. The summed E-state index contributed by atoms with van der Waals surface area (Å²) in [7, 11) is 1.90. The van der Waals surface area contributed by atoms with Crippen LogP contribution in [0.5, 0.6) is 0 Å². The van der Waals surface area contributed by atoms with Gasteiger partial charge in [0.1, 0.15) is 7.05 Å². The number of carbonyl (C=O) groups is 1. The zero-order chi connectivity index (χ0) is 8.27. The predicted octanol–water partition coefficient (Wildman–Crippen LogP) is -3.34. The molecule has 4 heteroatoms. The number of hydrogen-bond acceptors (Lipinski definition) is 2. The number of nitrogens with zero attached hydrogens (tertiary/aromatic N) is 1. The van der Waals surface area contributed by atoms with Crippen LogP contribution in [0.2, 0.25) is 0 Å². The SMILES string of the molecule is C[n+]1ccc(C(=O)CN)cc1.[I-]. The van der Waals surface area contributed by atoms with Crippen LogP contribution in [0.4, 0.5) is 0 Å². The smallest absolute Gasteiger partial charge is 0.176 e. The van der Waals surface area contributed by atoms with Gasteiger partial charge in [0.25, 0.3) is 0 Å². The van der Waals surface area contributed by atoms with Crippen molar-refractivity contribution in [3.8, 4) is 0 Å². The molecule has 0 unspecified atom stereocenters. The fraction of sp³-hybridized carbons (Fsp3) is 0.250. The van der Waals surface area contributed by atoms with E-state index in [-0.39, 0.29) is 36.3 Å². The molecule has 0 amide bonds. The summed E-state index contributed by atoms with van der Waals surface area (Å²) < 4.78 is 1.87. The van der Waals surface area contributed by atoms with Gasteiger partial charge in [0.05, 0.1) is 6.54 Å². The van der Waals surface area contributed by atoms with E-state index < -0.39 is 0 Å². The first-order valence-electron chi connectivity index (χ1n) is 3.42. The van der Waals surface area contributed by atoms with Crippen LogP contribution in [0, 0.1) is 0 Å². The summed E-state index contributed by atoms with van der Waals surface area (Å²) in [5.74, 6) is -0.0226. The lowest BCUT2D eigenvalue weighted by Gasteiger charge is -1.93. The maximum Gasteiger partial charge on any atom is 0.176 e. The van der Waals surface area contributed by atoms with Crippen LogP contribution in [0.1, 0.15) is 10.4 Å². The number of rotatable bonds is 2. The van der Waals surface area contributed by atoms with E-state index in [9.17, 15) is 4.79 Å². The van der Waals surface area contributed by atoms with Crippen molar-refractivity contribution in [2.45, 2.75) is 0 Å². The molecular formula is C8H11IN2O. The largest absolute Gasteiger partial charge is 1.00 e. The average Bonchev–Trinajstić information content (AvgIpc) is 2.05. The summed E-state index contributed by atoms with van der Waals surface area (Å²) in [6, 6.07) is 3.52. The predicted molar refractivity (Wildman–Crippen MR) is 41.0 cm³/mol. The lowest BCUT2D eigenvalue weighted by atomic mass is 10.2. The van der Waals surface area contributed by atoms with Crippen LogP contribution in [-0.2, 0) is 7.05 Å². The lowest BCUT2D eigenvalue weighted by Crippen LogP contribution is -3.00. The van der Waals surface area contributed by atoms with Crippen molar-refractivity contribution in [3.05, 3.63) is 30.1 Å². The molecule has 1 rings (SSSR count). The van der Waals surface area contributed by atoms with Crippen LogP contribution in [-0.4, -0.2) is 12.3 Å². The van der Waals surface area contributed by atoms with E-state index in [1.54, 1.807) is 12.1 Å². The molecule has 1 aromatic heterocycles. The molecule has 0 saturated carbocycles. The Kier molecular flexibility index (Phi) is 5.00. The maximum absolute atomic E-state index is 11.0. The lowest BCUT2D eigenvalue weighted by molar-refractivity contribution is -0.671. The van der Waals surface area contributed by atoms with Crippen LogP contribution in [0.25, 0.3) is 0 Å². The number of ketones is 1. The number of Topliss-reactive ketones (excluding diaryl/α,β-unsaturated/α-hetero) is 1. The molecule has 0 bridgehead atoms. The highest BCUT2D eigenvalue weighted by atomic mass is 127. The highest BCUT2D eigenvalue weighted by Gasteiger charge is 2.03. The Bertz CT molecular complexity index is 258. The molecule has 0 aliphatic carbocycles. The molecule has 66 valence electrons. The normalized spacial score (nSPS) is 8.83. The van der Waals surface area contributed by atoms with E-state index in [0.717, 1.165) is 0 Å². The fourth-order valence-electron chi connectivity index (χ4n) is 0.805. The summed E-state index contributed by atoms with van der Waals surface area (Å²) in [5, 5.41) is 0. The second-order valence-corrected chi connectivity index (χ2v) is 2.38. The number of pyridine rings is 1. The average molecular weight is 278 g/mol. The van der Waals surface area contributed by atoms with Crippen LogP contribution in [0.3, 0.4) is 0 Å². The van der Waals surface area contributed by atoms with Crippen molar-refractivity contribution in [3.63, 3.8) is 0 Å². The summed E-state index contributed by atoms with van der Waals surface area (Å²) in [4.78, 5) is 11.0. The zero-order valence-corrected chi connectivity index (χ0v) is 8.98. The standard InChI is InChI=1S/C8H11N2O.HI/c1-10-4-2-7(3-5-10)8(11)6-9;/h2-5H,6,9H2,1H3;1H/q+1;/p-1. The van der Waals surface area contributed by atoms with Crippen molar-refractivity contribution in [2.24, 2.45) is 12.8 Å².